The van der Waals surface area contributed by atoms with E-state index in [-0.39, 0.29) is 24.6 Å². The van der Waals surface area contributed by atoms with Crippen molar-refractivity contribution in [2.75, 3.05) is 18.5 Å². The minimum Gasteiger partial charge on any atom is -0.395 e. The molecular weight excluding hydrogens is 252 g/mol. The molecule has 0 bridgehead atoms. The molecule has 0 aliphatic carbocycles. The number of hydrogen-bond acceptors (Lipinski definition) is 3. The fourth-order valence-electron chi connectivity index (χ4n) is 2.96. The van der Waals surface area contributed by atoms with E-state index in [1.54, 1.807) is 0 Å². The lowest BCUT2D eigenvalue weighted by Crippen LogP contribution is -2.48. The first kappa shape index (κ1) is 14.9. The van der Waals surface area contributed by atoms with Crippen molar-refractivity contribution in [3.8, 4) is 0 Å². The highest BCUT2D eigenvalue weighted by molar-refractivity contribution is 5.87. The summed E-state index contributed by atoms with van der Waals surface area (Å²) in [6.45, 7) is 4.60. The number of para-hydroxylation sites is 1. The first-order valence-electron chi connectivity index (χ1n) is 7.47. The number of amides is 1. The number of aliphatic hydroxyl groups is 1. The number of carbonyl (C=O) groups is 1. The molecule has 0 fully saturated rings. The van der Waals surface area contributed by atoms with Gasteiger partial charge in [0.05, 0.1) is 6.61 Å². The topological polar surface area (TPSA) is 52.6 Å². The van der Waals surface area contributed by atoms with Crippen LogP contribution in [-0.4, -0.2) is 41.1 Å². The summed E-state index contributed by atoms with van der Waals surface area (Å²) < 4.78 is 0. The number of benzene rings is 1. The van der Waals surface area contributed by atoms with Crippen LogP contribution in [-0.2, 0) is 11.2 Å². The van der Waals surface area contributed by atoms with E-state index in [0.29, 0.717) is 6.54 Å². The second-order valence-electron chi connectivity index (χ2n) is 5.28. The van der Waals surface area contributed by atoms with E-state index >= 15 is 0 Å². The molecule has 20 heavy (non-hydrogen) atoms. The monoisotopic (exact) mass is 276 g/mol. The quantitative estimate of drug-likeness (QED) is 0.836. The molecule has 0 unspecified atom stereocenters. The van der Waals surface area contributed by atoms with Crippen LogP contribution < -0.4 is 5.32 Å². The summed E-state index contributed by atoms with van der Waals surface area (Å²) in [6.07, 6.45) is 2.57. The lowest BCUT2D eigenvalue weighted by Gasteiger charge is -2.32. The van der Waals surface area contributed by atoms with Gasteiger partial charge in [0.1, 0.15) is 6.04 Å². The number of nitrogens with one attached hydrogen (secondary N) is 1. The van der Waals surface area contributed by atoms with Gasteiger partial charge in [-0.05, 0) is 24.5 Å². The Labute approximate surface area is 120 Å². The lowest BCUT2D eigenvalue weighted by atomic mass is 10.1. The van der Waals surface area contributed by atoms with Crippen LogP contribution in [0.1, 0.15) is 32.3 Å². The lowest BCUT2D eigenvalue weighted by molar-refractivity contribution is -0.135. The molecule has 0 radical (unpaired) electrons. The molecular formula is C16H24N2O2. The van der Waals surface area contributed by atoms with Crippen LogP contribution in [0.25, 0.3) is 0 Å². The number of fused-ring (bicyclic) bond motifs is 1. The fraction of sp³-hybridized carbons (Fsp3) is 0.562. The molecule has 1 aromatic rings. The normalized spacial score (nSPS) is 16.9. The molecule has 2 N–H and O–H groups in total. The van der Waals surface area contributed by atoms with E-state index in [1.165, 1.54) is 5.56 Å². The average molecular weight is 276 g/mol. The van der Waals surface area contributed by atoms with E-state index in [4.69, 9.17) is 0 Å². The van der Waals surface area contributed by atoms with Crippen LogP contribution in [0, 0.1) is 0 Å². The Balaban J connectivity index is 2.10. The van der Waals surface area contributed by atoms with Gasteiger partial charge in [-0.25, -0.2) is 0 Å². The molecule has 110 valence electrons. The third-order valence-electron chi connectivity index (χ3n) is 4.08. The molecule has 0 saturated carbocycles. The third kappa shape index (κ3) is 2.96. The largest absolute Gasteiger partial charge is 0.395 e. The van der Waals surface area contributed by atoms with Crippen LogP contribution in [0.3, 0.4) is 0 Å². The van der Waals surface area contributed by atoms with Crippen molar-refractivity contribution in [1.82, 2.24) is 4.90 Å². The zero-order valence-electron chi connectivity index (χ0n) is 12.3. The molecule has 2 rings (SSSR count). The summed E-state index contributed by atoms with van der Waals surface area (Å²) in [7, 11) is 0. The van der Waals surface area contributed by atoms with Crippen molar-refractivity contribution in [2.24, 2.45) is 0 Å². The summed E-state index contributed by atoms with van der Waals surface area (Å²) >= 11 is 0. The van der Waals surface area contributed by atoms with Gasteiger partial charge in [-0.3, -0.25) is 4.79 Å². The zero-order chi connectivity index (χ0) is 14.5. The fourth-order valence-corrected chi connectivity index (χ4v) is 2.96. The Kier molecular flexibility index (Phi) is 5.01. The van der Waals surface area contributed by atoms with E-state index in [0.717, 1.165) is 24.9 Å². The minimum absolute atomic E-state index is 0.0158. The number of rotatable bonds is 6. The molecule has 4 heteroatoms. The van der Waals surface area contributed by atoms with Crippen LogP contribution >= 0.6 is 0 Å². The summed E-state index contributed by atoms with van der Waals surface area (Å²) in [5, 5.41) is 12.5. The molecule has 1 aromatic carbocycles. The number of nitrogens with zero attached hydrogens (tertiary/aromatic N) is 1. The standard InChI is InChI=1S/C16H24N2O2/c1-3-13(4-2)18(9-10-19)16(20)15-11-12-7-5-6-8-14(12)17-15/h5-8,13,15,17,19H,3-4,9-11H2,1-2H3/t15-/m0/s1. The average Bonchev–Trinajstić information content (AvgIpc) is 2.90. The summed E-state index contributed by atoms with van der Waals surface area (Å²) in [4.78, 5) is 14.6. The van der Waals surface area contributed by atoms with Gasteiger partial charge in [0.25, 0.3) is 0 Å². The minimum atomic E-state index is -0.195. The molecule has 1 aliphatic heterocycles. The first-order valence-corrected chi connectivity index (χ1v) is 7.47. The van der Waals surface area contributed by atoms with Gasteiger partial charge in [-0.15, -0.1) is 0 Å². The van der Waals surface area contributed by atoms with E-state index < -0.39 is 0 Å². The highest BCUT2D eigenvalue weighted by Gasteiger charge is 2.32. The number of hydrogen-bond donors (Lipinski definition) is 2. The number of anilines is 1. The van der Waals surface area contributed by atoms with E-state index in [1.807, 2.05) is 23.1 Å². The third-order valence-corrected chi connectivity index (χ3v) is 4.08. The van der Waals surface area contributed by atoms with Crippen molar-refractivity contribution in [3.63, 3.8) is 0 Å². The van der Waals surface area contributed by atoms with Crippen molar-refractivity contribution >= 4 is 11.6 Å². The van der Waals surface area contributed by atoms with Crippen LogP contribution in [0.5, 0.6) is 0 Å². The zero-order valence-corrected chi connectivity index (χ0v) is 12.3. The highest BCUT2D eigenvalue weighted by atomic mass is 16.3. The van der Waals surface area contributed by atoms with Gasteiger partial charge in [-0.2, -0.15) is 0 Å². The molecule has 0 saturated heterocycles. The summed E-state index contributed by atoms with van der Waals surface area (Å²) in [5.41, 5.74) is 2.25. The summed E-state index contributed by atoms with van der Waals surface area (Å²) in [6, 6.07) is 8.06. The van der Waals surface area contributed by atoms with Gasteiger partial charge in [0.15, 0.2) is 0 Å². The Morgan fingerprint density at radius 2 is 2.10 bits per heavy atom. The molecule has 0 spiro atoms. The Hall–Kier alpha value is -1.55. The van der Waals surface area contributed by atoms with Gasteiger partial charge in [-0.1, -0.05) is 32.0 Å². The Morgan fingerprint density at radius 3 is 2.70 bits per heavy atom. The van der Waals surface area contributed by atoms with Crippen molar-refractivity contribution in [1.29, 1.82) is 0 Å². The molecule has 0 aromatic heterocycles. The molecule has 4 nitrogen and oxygen atoms in total. The van der Waals surface area contributed by atoms with E-state index in [9.17, 15) is 9.90 Å². The predicted octanol–water partition coefficient (Wildman–Crippen LogP) is 2.03. The maximum absolute atomic E-state index is 12.7. The Bertz CT molecular complexity index is 433. The smallest absolute Gasteiger partial charge is 0.245 e. The van der Waals surface area contributed by atoms with Crippen molar-refractivity contribution < 1.29 is 9.90 Å². The van der Waals surface area contributed by atoms with E-state index in [2.05, 4.69) is 25.2 Å². The maximum Gasteiger partial charge on any atom is 0.245 e. The molecule has 1 aliphatic rings. The first-order chi connectivity index (χ1) is 9.71. The second kappa shape index (κ2) is 6.75. The van der Waals surface area contributed by atoms with Crippen LogP contribution in [0.4, 0.5) is 5.69 Å². The van der Waals surface area contributed by atoms with Gasteiger partial charge in [0.2, 0.25) is 5.91 Å². The highest BCUT2D eigenvalue weighted by Crippen LogP contribution is 2.26. The number of carbonyl (C=O) groups excluding carboxylic acids is 1. The van der Waals surface area contributed by atoms with Gasteiger partial charge in [0, 0.05) is 24.7 Å². The van der Waals surface area contributed by atoms with Crippen molar-refractivity contribution in [2.45, 2.75) is 45.2 Å². The predicted molar refractivity (Wildman–Crippen MR) is 80.7 cm³/mol. The number of aliphatic hydroxyl groups excluding tert-OH is 1. The maximum atomic E-state index is 12.7. The molecule has 1 heterocycles. The van der Waals surface area contributed by atoms with Crippen LogP contribution in [0.15, 0.2) is 24.3 Å². The summed E-state index contributed by atoms with van der Waals surface area (Å²) in [5.74, 6) is 0.101. The van der Waals surface area contributed by atoms with Crippen LogP contribution in [0.2, 0.25) is 0 Å². The Morgan fingerprint density at radius 1 is 1.40 bits per heavy atom. The molecule has 1 amide bonds. The SMILES string of the molecule is CCC(CC)N(CCO)C(=O)[C@@H]1Cc2ccccc2N1. The van der Waals surface area contributed by atoms with Crippen molar-refractivity contribution in [3.05, 3.63) is 29.8 Å². The van der Waals surface area contributed by atoms with Gasteiger partial charge < -0.3 is 15.3 Å². The molecule has 1 atom stereocenters. The second-order valence-corrected chi connectivity index (χ2v) is 5.28. The van der Waals surface area contributed by atoms with Gasteiger partial charge >= 0.3 is 0 Å².